The van der Waals surface area contributed by atoms with Crippen LogP contribution < -0.4 is 0 Å². The third kappa shape index (κ3) is 2.45. The van der Waals surface area contributed by atoms with Crippen molar-refractivity contribution in [2.24, 2.45) is 0 Å². The highest BCUT2D eigenvalue weighted by Gasteiger charge is 2.14. The van der Waals surface area contributed by atoms with Gasteiger partial charge < -0.3 is 0 Å². The van der Waals surface area contributed by atoms with Crippen molar-refractivity contribution in [1.29, 1.82) is 0 Å². The summed E-state index contributed by atoms with van der Waals surface area (Å²) in [6, 6.07) is 5.76. The lowest BCUT2D eigenvalue weighted by Crippen LogP contribution is -1.96. The summed E-state index contributed by atoms with van der Waals surface area (Å²) in [5.41, 5.74) is 1.14. The van der Waals surface area contributed by atoms with E-state index < -0.39 is 17.5 Å². The highest BCUT2D eigenvalue weighted by molar-refractivity contribution is 6.34. The van der Waals surface area contributed by atoms with Crippen molar-refractivity contribution in [2.45, 2.75) is 6.92 Å². The van der Waals surface area contributed by atoms with Gasteiger partial charge in [-0.2, -0.15) is 0 Å². The van der Waals surface area contributed by atoms with E-state index in [0.717, 1.165) is 18.2 Å². The predicted molar refractivity (Wildman–Crippen MR) is 74.6 cm³/mol. The molecule has 0 fully saturated rings. The molecule has 1 heterocycles. The zero-order chi connectivity index (χ0) is 15.1. The van der Waals surface area contributed by atoms with Gasteiger partial charge in [0.15, 0.2) is 5.82 Å². The Morgan fingerprint density at radius 3 is 2.29 bits per heavy atom. The number of rotatable bonds is 1. The van der Waals surface area contributed by atoms with Crippen molar-refractivity contribution in [3.05, 3.63) is 58.5 Å². The lowest BCUT2D eigenvalue weighted by molar-refractivity contribution is 0.584. The van der Waals surface area contributed by atoms with Gasteiger partial charge in [0.1, 0.15) is 22.6 Å². The topological polar surface area (TPSA) is 25.8 Å². The van der Waals surface area contributed by atoms with Crippen LogP contribution in [0.3, 0.4) is 0 Å². The Morgan fingerprint density at radius 2 is 1.62 bits per heavy atom. The first-order chi connectivity index (χ1) is 9.95. The van der Waals surface area contributed by atoms with Crippen LogP contribution in [0.4, 0.5) is 13.2 Å². The van der Waals surface area contributed by atoms with E-state index in [1.54, 1.807) is 13.0 Å². The van der Waals surface area contributed by atoms with Crippen LogP contribution in [0.5, 0.6) is 0 Å². The molecule has 0 saturated carbocycles. The second-order valence-corrected chi connectivity index (χ2v) is 4.94. The maximum Gasteiger partial charge on any atom is 0.161 e. The largest absolute Gasteiger partial charge is 0.227 e. The lowest BCUT2D eigenvalue weighted by Gasteiger charge is -2.08. The summed E-state index contributed by atoms with van der Waals surface area (Å²) in [4.78, 5) is 8.12. The minimum absolute atomic E-state index is 0.0413. The standard InChI is InChI=1S/C15H8ClF3N2/c1-7-2-3-11(19)12-13(7)20-15(21-14(12)16)8-4-9(17)6-10(18)5-8/h2-6H,1H3. The molecule has 3 aromatic rings. The fourth-order valence-corrected chi connectivity index (χ4v) is 2.36. The fourth-order valence-electron chi connectivity index (χ4n) is 2.10. The zero-order valence-electron chi connectivity index (χ0n) is 10.8. The van der Waals surface area contributed by atoms with Crippen molar-refractivity contribution in [3.8, 4) is 11.4 Å². The van der Waals surface area contributed by atoms with E-state index in [1.807, 2.05) is 0 Å². The molecule has 0 saturated heterocycles. The Bertz CT molecular complexity index is 845. The molecule has 6 heteroatoms. The van der Waals surface area contributed by atoms with Crippen LogP contribution in [0.2, 0.25) is 5.15 Å². The van der Waals surface area contributed by atoms with Crippen LogP contribution >= 0.6 is 11.6 Å². The molecule has 21 heavy (non-hydrogen) atoms. The van der Waals surface area contributed by atoms with Crippen molar-refractivity contribution in [2.75, 3.05) is 0 Å². The summed E-state index contributed by atoms with van der Waals surface area (Å²) >= 11 is 5.99. The Morgan fingerprint density at radius 1 is 0.952 bits per heavy atom. The van der Waals surface area contributed by atoms with Crippen LogP contribution in [-0.2, 0) is 0 Å². The molecule has 3 rings (SSSR count). The number of aromatic nitrogens is 2. The van der Waals surface area contributed by atoms with E-state index in [0.29, 0.717) is 11.1 Å². The van der Waals surface area contributed by atoms with E-state index in [2.05, 4.69) is 9.97 Å². The van der Waals surface area contributed by atoms with E-state index in [-0.39, 0.29) is 21.9 Å². The Hall–Kier alpha value is -2.14. The van der Waals surface area contributed by atoms with Gasteiger partial charge in [0, 0.05) is 11.6 Å². The molecular weight excluding hydrogens is 301 g/mol. The van der Waals surface area contributed by atoms with Crippen molar-refractivity contribution >= 4 is 22.5 Å². The summed E-state index contributed by atoms with van der Waals surface area (Å²) in [7, 11) is 0. The highest BCUT2D eigenvalue weighted by atomic mass is 35.5. The molecule has 0 radical (unpaired) electrons. The molecule has 106 valence electrons. The minimum Gasteiger partial charge on any atom is -0.227 e. The third-order valence-corrected chi connectivity index (χ3v) is 3.35. The number of fused-ring (bicyclic) bond motifs is 1. The molecular formula is C15H8ClF3N2. The molecule has 0 aliphatic carbocycles. The molecule has 0 spiro atoms. The van der Waals surface area contributed by atoms with E-state index >= 15 is 0 Å². The Balaban J connectivity index is 2.32. The second kappa shape index (κ2) is 5.00. The summed E-state index contributed by atoms with van der Waals surface area (Å²) in [6.45, 7) is 1.74. The molecule has 1 aromatic heterocycles. The first-order valence-corrected chi connectivity index (χ1v) is 6.42. The number of halogens is 4. The Labute approximate surface area is 123 Å². The smallest absolute Gasteiger partial charge is 0.161 e. The number of hydrogen-bond acceptors (Lipinski definition) is 2. The number of hydrogen-bond donors (Lipinski definition) is 0. The van der Waals surface area contributed by atoms with Gasteiger partial charge in [0.05, 0.1) is 10.9 Å². The summed E-state index contributed by atoms with van der Waals surface area (Å²) in [6.07, 6.45) is 0. The van der Waals surface area contributed by atoms with Gasteiger partial charge in [-0.1, -0.05) is 17.7 Å². The summed E-state index contributed by atoms with van der Waals surface area (Å²) in [5, 5.41) is -0.00170. The SMILES string of the molecule is Cc1ccc(F)c2c(Cl)nc(-c3cc(F)cc(F)c3)nc12. The van der Waals surface area contributed by atoms with Gasteiger partial charge in [-0.25, -0.2) is 23.1 Å². The Kier molecular flexibility index (Phi) is 3.29. The quantitative estimate of drug-likeness (QED) is 0.610. The van der Waals surface area contributed by atoms with Gasteiger partial charge in [0.25, 0.3) is 0 Å². The highest BCUT2D eigenvalue weighted by Crippen LogP contribution is 2.29. The molecule has 0 atom stereocenters. The van der Waals surface area contributed by atoms with Crippen LogP contribution in [0, 0.1) is 24.4 Å². The maximum atomic E-state index is 13.8. The van der Waals surface area contributed by atoms with Crippen LogP contribution in [0.1, 0.15) is 5.56 Å². The van der Waals surface area contributed by atoms with Gasteiger partial charge in [0.2, 0.25) is 0 Å². The predicted octanol–water partition coefficient (Wildman–Crippen LogP) is 4.68. The van der Waals surface area contributed by atoms with Crippen molar-refractivity contribution in [1.82, 2.24) is 9.97 Å². The van der Waals surface area contributed by atoms with Gasteiger partial charge in [-0.05, 0) is 30.7 Å². The summed E-state index contributed by atoms with van der Waals surface area (Å²) < 4.78 is 40.4. The lowest BCUT2D eigenvalue weighted by atomic mass is 10.1. The minimum atomic E-state index is -0.749. The normalized spacial score (nSPS) is 11.1. The monoisotopic (exact) mass is 308 g/mol. The van der Waals surface area contributed by atoms with E-state index in [1.165, 1.54) is 6.07 Å². The van der Waals surface area contributed by atoms with Crippen LogP contribution in [0.25, 0.3) is 22.3 Å². The number of aryl methyl sites for hydroxylation is 1. The average Bonchev–Trinajstić information content (AvgIpc) is 2.41. The first kappa shape index (κ1) is 13.8. The van der Waals surface area contributed by atoms with E-state index in [4.69, 9.17) is 11.6 Å². The van der Waals surface area contributed by atoms with Gasteiger partial charge >= 0.3 is 0 Å². The maximum absolute atomic E-state index is 13.8. The molecule has 2 nitrogen and oxygen atoms in total. The van der Waals surface area contributed by atoms with Gasteiger partial charge in [-0.3, -0.25) is 0 Å². The molecule has 2 aromatic carbocycles. The van der Waals surface area contributed by atoms with Crippen LogP contribution in [0.15, 0.2) is 30.3 Å². The van der Waals surface area contributed by atoms with Crippen LogP contribution in [-0.4, -0.2) is 9.97 Å². The van der Waals surface area contributed by atoms with Crippen molar-refractivity contribution < 1.29 is 13.2 Å². The fraction of sp³-hybridized carbons (Fsp3) is 0.0667. The molecule has 0 aliphatic heterocycles. The molecule has 0 unspecified atom stereocenters. The number of benzene rings is 2. The second-order valence-electron chi connectivity index (χ2n) is 4.58. The average molecular weight is 309 g/mol. The number of nitrogens with zero attached hydrogens (tertiary/aromatic N) is 2. The third-order valence-electron chi connectivity index (χ3n) is 3.08. The zero-order valence-corrected chi connectivity index (χ0v) is 11.5. The van der Waals surface area contributed by atoms with Crippen molar-refractivity contribution in [3.63, 3.8) is 0 Å². The van der Waals surface area contributed by atoms with E-state index in [9.17, 15) is 13.2 Å². The molecule has 0 aliphatic rings. The summed E-state index contributed by atoms with van der Waals surface area (Å²) in [5.74, 6) is -2.00. The molecule has 0 N–H and O–H groups in total. The molecule has 0 bridgehead atoms. The van der Waals surface area contributed by atoms with Gasteiger partial charge in [-0.15, -0.1) is 0 Å². The molecule has 0 amide bonds. The first-order valence-electron chi connectivity index (χ1n) is 6.04.